The standard InChI is InChI=1S/C30H24FN3O6S2/c1-39-20-13-8-16(14-21(20)40-2)23-24-25(28(37)34(27(24)36)19-11-9-17(31)10-12-19)41-29-26(23)42-30(38)33(29)15-22(35)32-18-6-4-3-5-7-18/h3-14,23-25H,15H2,1-2H3,(H,32,35). The smallest absolute Gasteiger partial charge is 0.308 e. The van der Waals surface area contributed by atoms with Crippen molar-refractivity contribution in [2.24, 2.45) is 5.92 Å². The number of anilines is 2. The Hall–Kier alpha value is -4.42. The van der Waals surface area contributed by atoms with Crippen LogP contribution < -0.4 is 24.6 Å². The summed E-state index contributed by atoms with van der Waals surface area (Å²) in [5.41, 5.74) is 1.49. The number of hydrogen-bond acceptors (Lipinski definition) is 8. The number of benzene rings is 3. The number of thioether (sulfide) groups is 1. The number of carbonyl (C=O) groups excluding carboxylic acids is 3. The van der Waals surface area contributed by atoms with Gasteiger partial charge >= 0.3 is 4.87 Å². The van der Waals surface area contributed by atoms with Crippen molar-refractivity contribution < 1.29 is 28.2 Å². The third-order valence-electron chi connectivity index (χ3n) is 7.26. The van der Waals surface area contributed by atoms with E-state index in [1.807, 2.05) is 6.07 Å². The van der Waals surface area contributed by atoms with Crippen LogP contribution >= 0.6 is 23.1 Å². The number of amides is 3. The molecule has 1 saturated heterocycles. The summed E-state index contributed by atoms with van der Waals surface area (Å²) < 4.78 is 25.9. The molecule has 0 radical (unpaired) electrons. The number of rotatable bonds is 7. The maximum atomic E-state index is 14.0. The Morgan fingerprint density at radius 2 is 1.64 bits per heavy atom. The van der Waals surface area contributed by atoms with Crippen molar-refractivity contribution in [1.82, 2.24) is 4.57 Å². The third-order valence-corrected chi connectivity index (χ3v) is 9.86. The van der Waals surface area contributed by atoms with E-state index in [1.54, 1.807) is 42.5 Å². The topological polar surface area (TPSA) is 107 Å². The SMILES string of the molecule is COc1ccc(C2c3sc(=O)n(CC(=O)Nc4ccccc4)c3SC3C(=O)N(c4ccc(F)cc4)C(=O)C32)cc1OC. The second-order valence-corrected chi connectivity index (χ2v) is 11.8. The lowest BCUT2D eigenvalue weighted by Gasteiger charge is -2.31. The number of carbonyl (C=O) groups is 3. The number of hydrogen-bond donors (Lipinski definition) is 1. The summed E-state index contributed by atoms with van der Waals surface area (Å²) in [6, 6.07) is 19.2. The molecule has 1 N–H and O–H groups in total. The molecule has 9 nitrogen and oxygen atoms in total. The molecule has 3 heterocycles. The maximum Gasteiger partial charge on any atom is 0.308 e. The molecule has 3 atom stereocenters. The number of methoxy groups -OCH3 is 2. The summed E-state index contributed by atoms with van der Waals surface area (Å²) in [6.07, 6.45) is 0. The van der Waals surface area contributed by atoms with Crippen LogP contribution in [0.2, 0.25) is 0 Å². The number of nitrogens with zero attached hydrogens (tertiary/aromatic N) is 2. The van der Waals surface area contributed by atoms with Crippen LogP contribution in [-0.4, -0.2) is 41.8 Å². The number of fused-ring (bicyclic) bond motifs is 2. The second-order valence-electron chi connectivity index (χ2n) is 9.68. The first-order valence-electron chi connectivity index (χ1n) is 12.9. The number of imide groups is 1. The number of para-hydroxylation sites is 1. The van der Waals surface area contributed by atoms with Gasteiger partial charge in [-0.15, -0.1) is 0 Å². The number of nitrogens with one attached hydrogen (secondary N) is 1. The van der Waals surface area contributed by atoms with Gasteiger partial charge in [-0.05, 0) is 54.1 Å². The van der Waals surface area contributed by atoms with Gasteiger partial charge in [0.15, 0.2) is 11.5 Å². The van der Waals surface area contributed by atoms with E-state index in [9.17, 15) is 23.6 Å². The first-order valence-corrected chi connectivity index (χ1v) is 14.6. The molecule has 0 bridgehead atoms. The first kappa shape index (κ1) is 27.7. The van der Waals surface area contributed by atoms with E-state index in [2.05, 4.69) is 5.32 Å². The van der Waals surface area contributed by atoms with E-state index < -0.39 is 40.6 Å². The molecule has 6 rings (SSSR count). The average Bonchev–Trinajstić information content (AvgIpc) is 3.44. The summed E-state index contributed by atoms with van der Waals surface area (Å²) in [4.78, 5) is 55.4. The molecule has 214 valence electrons. The summed E-state index contributed by atoms with van der Waals surface area (Å²) in [7, 11) is 3.00. The lowest BCUT2D eigenvalue weighted by atomic mass is 9.83. The highest BCUT2D eigenvalue weighted by molar-refractivity contribution is 8.00. The van der Waals surface area contributed by atoms with Crippen molar-refractivity contribution in [3.05, 3.63) is 98.7 Å². The summed E-state index contributed by atoms with van der Waals surface area (Å²) >= 11 is 2.05. The molecule has 1 fully saturated rings. The molecule has 3 aromatic carbocycles. The Morgan fingerprint density at radius 1 is 0.929 bits per heavy atom. The van der Waals surface area contributed by atoms with Crippen molar-refractivity contribution in [2.75, 3.05) is 24.4 Å². The number of aromatic nitrogens is 1. The molecule has 3 unspecified atom stereocenters. The Bertz CT molecular complexity index is 1760. The maximum absolute atomic E-state index is 14.0. The minimum Gasteiger partial charge on any atom is -0.493 e. The van der Waals surface area contributed by atoms with Gasteiger partial charge in [-0.25, -0.2) is 9.29 Å². The van der Waals surface area contributed by atoms with Gasteiger partial charge in [0.2, 0.25) is 17.7 Å². The van der Waals surface area contributed by atoms with Crippen LogP contribution in [0.3, 0.4) is 0 Å². The summed E-state index contributed by atoms with van der Waals surface area (Å²) in [5, 5.41) is 2.36. The molecule has 2 aliphatic heterocycles. The van der Waals surface area contributed by atoms with E-state index in [1.165, 1.54) is 43.1 Å². The quantitative estimate of drug-likeness (QED) is 0.309. The molecule has 4 aromatic rings. The van der Waals surface area contributed by atoms with E-state index in [4.69, 9.17) is 9.47 Å². The highest BCUT2D eigenvalue weighted by atomic mass is 32.2. The van der Waals surface area contributed by atoms with Gasteiger partial charge < -0.3 is 14.8 Å². The van der Waals surface area contributed by atoms with Gasteiger partial charge in [0.05, 0.1) is 30.9 Å². The molecule has 3 amide bonds. The van der Waals surface area contributed by atoms with Gasteiger partial charge in [-0.1, -0.05) is 47.4 Å². The van der Waals surface area contributed by atoms with Gasteiger partial charge in [0, 0.05) is 16.5 Å². The van der Waals surface area contributed by atoms with Crippen molar-refractivity contribution in [3.8, 4) is 11.5 Å². The zero-order valence-corrected chi connectivity index (χ0v) is 24.0. The van der Waals surface area contributed by atoms with Crippen molar-refractivity contribution in [1.29, 1.82) is 0 Å². The lowest BCUT2D eigenvalue weighted by Crippen LogP contribution is -2.33. The predicted octanol–water partition coefficient (Wildman–Crippen LogP) is 4.50. The normalized spacial score (nSPS) is 19.3. The monoisotopic (exact) mass is 605 g/mol. The first-order chi connectivity index (χ1) is 20.3. The molecule has 1 aromatic heterocycles. The van der Waals surface area contributed by atoms with E-state index in [0.29, 0.717) is 32.7 Å². The highest BCUT2D eigenvalue weighted by Crippen LogP contribution is 2.54. The van der Waals surface area contributed by atoms with Crippen LogP contribution in [0.5, 0.6) is 11.5 Å². The zero-order chi connectivity index (χ0) is 29.5. The second kappa shape index (κ2) is 11.1. The average molecular weight is 606 g/mol. The Balaban J connectivity index is 1.45. The summed E-state index contributed by atoms with van der Waals surface area (Å²) in [5.74, 6) is -2.47. The Kier molecular flexibility index (Phi) is 7.33. The highest BCUT2D eigenvalue weighted by Gasteiger charge is 2.57. The number of ether oxygens (including phenoxy) is 2. The van der Waals surface area contributed by atoms with Gasteiger partial charge in [0.1, 0.15) is 17.6 Å². The third kappa shape index (κ3) is 4.76. The zero-order valence-electron chi connectivity index (χ0n) is 22.4. The minimum atomic E-state index is -0.884. The molecule has 0 aliphatic carbocycles. The van der Waals surface area contributed by atoms with Crippen LogP contribution in [0.1, 0.15) is 16.4 Å². The van der Waals surface area contributed by atoms with Crippen LogP contribution in [0, 0.1) is 11.7 Å². The molecule has 2 aliphatic rings. The lowest BCUT2D eigenvalue weighted by molar-refractivity contribution is -0.122. The Labute approximate surface area is 247 Å². The van der Waals surface area contributed by atoms with E-state index >= 15 is 0 Å². The molecule has 42 heavy (non-hydrogen) atoms. The number of thiazole rings is 1. The fraction of sp³-hybridized carbons (Fsp3) is 0.200. The van der Waals surface area contributed by atoms with Crippen LogP contribution in [0.4, 0.5) is 15.8 Å². The van der Waals surface area contributed by atoms with Crippen molar-refractivity contribution >= 4 is 52.2 Å². The van der Waals surface area contributed by atoms with Crippen molar-refractivity contribution in [2.45, 2.75) is 22.7 Å². The fourth-order valence-electron chi connectivity index (χ4n) is 5.37. The Morgan fingerprint density at radius 3 is 2.33 bits per heavy atom. The predicted molar refractivity (Wildman–Crippen MR) is 157 cm³/mol. The fourth-order valence-corrected chi connectivity index (χ4v) is 8.14. The molecular formula is C30H24FN3O6S2. The number of halogens is 1. The van der Waals surface area contributed by atoms with E-state index in [-0.39, 0.29) is 17.1 Å². The largest absolute Gasteiger partial charge is 0.493 e. The molecule has 0 saturated carbocycles. The van der Waals surface area contributed by atoms with Gasteiger partial charge in [0.25, 0.3) is 0 Å². The summed E-state index contributed by atoms with van der Waals surface area (Å²) in [6.45, 7) is -0.271. The van der Waals surface area contributed by atoms with Crippen molar-refractivity contribution in [3.63, 3.8) is 0 Å². The van der Waals surface area contributed by atoms with Gasteiger partial charge in [-0.3, -0.25) is 23.7 Å². The van der Waals surface area contributed by atoms with Crippen LogP contribution in [0.25, 0.3) is 0 Å². The molecule has 12 heteroatoms. The van der Waals surface area contributed by atoms with Crippen LogP contribution in [0.15, 0.2) is 82.6 Å². The van der Waals surface area contributed by atoms with Gasteiger partial charge in [-0.2, -0.15) is 0 Å². The molecule has 0 spiro atoms. The minimum absolute atomic E-state index is 0.260. The van der Waals surface area contributed by atoms with Crippen LogP contribution in [-0.2, 0) is 20.9 Å². The molecular weight excluding hydrogens is 581 g/mol. The van der Waals surface area contributed by atoms with E-state index in [0.717, 1.165) is 28.0 Å².